The van der Waals surface area contributed by atoms with Crippen molar-refractivity contribution in [2.75, 3.05) is 5.32 Å². The van der Waals surface area contributed by atoms with Crippen LogP contribution in [0.4, 0.5) is 15.9 Å². The predicted molar refractivity (Wildman–Crippen MR) is 114 cm³/mol. The molecule has 154 valence electrons. The third-order valence-electron chi connectivity index (χ3n) is 5.79. The van der Waals surface area contributed by atoms with Gasteiger partial charge >= 0.3 is 5.97 Å². The van der Waals surface area contributed by atoms with Gasteiger partial charge in [-0.25, -0.2) is 4.39 Å². The number of rotatable bonds is 6. The Kier molecular flexibility index (Phi) is 6.02. The lowest BCUT2D eigenvalue weighted by Gasteiger charge is -2.28. The molecule has 0 saturated heterocycles. The predicted octanol–water partition coefficient (Wildman–Crippen LogP) is 5.77. The van der Waals surface area contributed by atoms with E-state index in [1.165, 1.54) is 11.6 Å². The number of nitrogens with one attached hydrogen (secondary N) is 1. The first kappa shape index (κ1) is 20.0. The third-order valence-corrected chi connectivity index (χ3v) is 5.79. The molecule has 30 heavy (non-hydrogen) atoms. The van der Waals surface area contributed by atoms with E-state index >= 15 is 0 Å². The van der Waals surface area contributed by atoms with Crippen LogP contribution in [0.1, 0.15) is 43.6 Å². The van der Waals surface area contributed by atoms with E-state index in [-0.39, 0.29) is 12.2 Å². The van der Waals surface area contributed by atoms with Crippen LogP contribution in [0.5, 0.6) is 0 Å². The largest absolute Gasteiger partial charge is 0.481 e. The second kappa shape index (κ2) is 9.03. The molecule has 6 heteroatoms. The number of carboxylic acid groups (broad SMARTS) is 1. The molecule has 0 aliphatic heterocycles. The fraction of sp³-hybridized carbons (Fsp3) is 0.292. The molecule has 0 radical (unpaired) electrons. The maximum Gasteiger partial charge on any atom is 0.303 e. The molecule has 1 aliphatic rings. The topological polar surface area (TPSA) is 75.1 Å². The monoisotopic (exact) mass is 405 g/mol. The van der Waals surface area contributed by atoms with Crippen LogP contribution in [0, 0.1) is 11.7 Å². The van der Waals surface area contributed by atoms with Crippen molar-refractivity contribution >= 4 is 17.5 Å². The lowest BCUT2D eigenvalue weighted by Crippen LogP contribution is -2.16. The van der Waals surface area contributed by atoms with E-state index in [0.29, 0.717) is 23.3 Å². The number of anilines is 2. The number of aliphatic carboxylic acids is 1. The Morgan fingerprint density at radius 2 is 1.70 bits per heavy atom. The SMILES string of the molecule is O=C(O)CC1CCC(c2ccc(-c3ccc(Nc4ccccc4F)nn3)cc2)CC1. The van der Waals surface area contributed by atoms with Gasteiger partial charge in [-0.2, -0.15) is 0 Å². The average molecular weight is 405 g/mol. The van der Waals surface area contributed by atoms with Gasteiger partial charge in [0.1, 0.15) is 5.82 Å². The summed E-state index contributed by atoms with van der Waals surface area (Å²) in [5.74, 6) is 0.251. The third kappa shape index (κ3) is 4.82. The number of carboxylic acids is 1. The zero-order valence-electron chi connectivity index (χ0n) is 16.6. The highest BCUT2D eigenvalue weighted by atomic mass is 19.1. The molecule has 0 unspecified atom stereocenters. The summed E-state index contributed by atoms with van der Waals surface area (Å²) in [5, 5.41) is 20.3. The van der Waals surface area contributed by atoms with Crippen molar-refractivity contribution in [2.45, 2.75) is 38.0 Å². The van der Waals surface area contributed by atoms with Gasteiger partial charge in [0.15, 0.2) is 5.82 Å². The lowest BCUT2D eigenvalue weighted by molar-refractivity contribution is -0.138. The summed E-state index contributed by atoms with van der Waals surface area (Å²) in [6.45, 7) is 0. The van der Waals surface area contributed by atoms with Crippen molar-refractivity contribution < 1.29 is 14.3 Å². The van der Waals surface area contributed by atoms with Crippen LogP contribution in [-0.2, 0) is 4.79 Å². The Hall–Kier alpha value is -3.28. The first-order valence-electron chi connectivity index (χ1n) is 10.3. The Balaban J connectivity index is 1.38. The molecule has 0 spiro atoms. The molecule has 3 aromatic rings. The lowest BCUT2D eigenvalue weighted by atomic mass is 9.77. The van der Waals surface area contributed by atoms with Crippen molar-refractivity contribution in [3.8, 4) is 11.3 Å². The summed E-state index contributed by atoms with van der Waals surface area (Å²) >= 11 is 0. The molecule has 1 heterocycles. The first-order chi connectivity index (χ1) is 14.6. The summed E-state index contributed by atoms with van der Waals surface area (Å²) in [5.41, 5.74) is 3.38. The minimum Gasteiger partial charge on any atom is -0.481 e. The first-order valence-corrected chi connectivity index (χ1v) is 10.3. The fourth-order valence-corrected chi connectivity index (χ4v) is 4.13. The van der Waals surface area contributed by atoms with Crippen LogP contribution in [0.25, 0.3) is 11.3 Å². The van der Waals surface area contributed by atoms with Gasteiger partial charge in [0.25, 0.3) is 0 Å². The molecule has 0 amide bonds. The summed E-state index contributed by atoms with van der Waals surface area (Å²) in [4.78, 5) is 10.9. The fourth-order valence-electron chi connectivity index (χ4n) is 4.13. The van der Waals surface area contributed by atoms with Crippen LogP contribution in [-0.4, -0.2) is 21.3 Å². The molecular formula is C24H24FN3O2. The zero-order valence-corrected chi connectivity index (χ0v) is 16.6. The molecule has 2 N–H and O–H groups in total. The minimum absolute atomic E-state index is 0.284. The van der Waals surface area contributed by atoms with E-state index in [1.54, 1.807) is 24.3 Å². The van der Waals surface area contributed by atoms with Crippen molar-refractivity contribution in [2.24, 2.45) is 5.92 Å². The van der Waals surface area contributed by atoms with Crippen molar-refractivity contribution in [1.29, 1.82) is 0 Å². The summed E-state index contributed by atoms with van der Waals surface area (Å²) in [7, 11) is 0. The molecule has 2 aromatic carbocycles. The number of hydrogen-bond donors (Lipinski definition) is 2. The van der Waals surface area contributed by atoms with Gasteiger partial charge in [-0.3, -0.25) is 4.79 Å². The van der Waals surface area contributed by atoms with Crippen LogP contribution in [0.15, 0.2) is 60.7 Å². The second-order valence-corrected chi connectivity index (χ2v) is 7.85. The molecular weight excluding hydrogens is 381 g/mol. The van der Waals surface area contributed by atoms with Crippen LogP contribution in [0.3, 0.4) is 0 Å². The number of benzene rings is 2. The van der Waals surface area contributed by atoms with E-state index in [2.05, 4.69) is 27.6 Å². The summed E-state index contributed by atoms with van der Waals surface area (Å²) in [6, 6.07) is 18.4. The van der Waals surface area contributed by atoms with Crippen molar-refractivity contribution in [3.05, 3.63) is 72.0 Å². The minimum atomic E-state index is -0.695. The number of para-hydroxylation sites is 1. The highest BCUT2D eigenvalue weighted by molar-refractivity contribution is 5.67. The molecule has 0 bridgehead atoms. The van der Waals surface area contributed by atoms with Crippen molar-refractivity contribution in [1.82, 2.24) is 10.2 Å². The number of carbonyl (C=O) groups is 1. The van der Waals surface area contributed by atoms with Gasteiger partial charge in [-0.1, -0.05) is 36.4 Å². The standard InChI is InChI=1S/C24H24FN3O2/c25-20-3-1-2-4-22(20)26-23-14-13-21(27-28-23)19-11-9-18(10-12-19)17-7-5-16(6-8-17)15-24(29)30/h1-4,9-14,16-17H,5-8,15H2,(H,26,28)(H,29,30). The molecule has 0 atom stereocenters. The molecule has 5 nitrogen and oxygen atoms in total. The molecule has 1 fully saturated rings. The highest BCUT2D eigenvalue weighted by Gasteiger charge is 2.23. The van der Waals surface area contributed by atoms with Gasteiger partial charge < -0.3 is 10.4 Å². The summed E-state index contributed by atoms with van der Waals surface area (Å²) < 4.78 is 13.8. The van der Waals surface area contributed by atoms with E-state index in [0.717, 1.165) is 36.9 Å². The normalized spacial score (nSPS) is 18.7. The van der Waals surface area contributed by atoms with E-state index in [1.807, 2.05) is 18.2 Å². The highest BCUT2D eigenvalue weighted by Crippen LogP contribution is 2.37. The van der Waals surface area contributed by atoms with Crippen LogP contribution in [0.2, 0.25) is 0 Å². The van der Waals surface area contributed by atoms with E-state index < -0.39 is 5.97 Å². The van der Waals surface area contributed by atoms with Gasteiger partial charge in [-0.05, 0) is 67.3 Å². The molecule has 1 saturated carbocycles. The number of nitrogens with zero attached hydrogens (tertiary/aromatic N) is 2. The zero-order chi connectivity index (χ0) is 20.9. The van der Waals surface area contributed by atoms with E-state index in [9.17, 15) is 9.18 Å². The number of halogens is 1. The average Bonchev–Trinajstić information content (AvgIpc) is 2.76. The molecule has 4 rings (SSSR count). The van der Waals surface area contributed by atoms with Gasteiger partial charge in [0, 0.05) is 12.0 Å². The van der Waals surface area contributed by atoms with Crippen LogP contribution < -0.4 is 5.32 Å². The Morgan fingerprint density at radius 3 is 2.33 bits per heavy atom. The Bertz CT molecular complexity index is 998. The van der Waals surface area contributed by atoms with Crippen LogP contribution >= 0.6 is 0 Å². The molecule has 1 aromatic heterocycles. The smallest absolute Gasteiger partial charge is 0.303 e. The van der Waals surface area contributed by atoms with Crippen molar-refractivity contribution in [3.63, 3.8) is 0 Å². The Morgan fingerprint density at radius 1 is 0.967 bits per heavy atom. The second-order valence-electron chi connectivity index (χ2n) is 7.85. The Labute approximate surface area is 175 Å². The summed E-state index contributed by atoms with van der Waals surface area (Å²) in [6.07, 6.45) is 4.30. The maximum absolute atomic E-state index is 13.8. The quantitative estimate of drug-likeness (QED) is 0.544. The number of aromatic nitrogens is 2. The van der Waals surface area contributed by atoms with Gasteiger partial charge in [-0.15, -0.1) is 10.2 Å². The van der Waals surface area contributed by atoms with E-state index in [4.69, 9.17) is 5.11 Å². The maximum atomic E-state index is 13.8. The number of hydrogen-bond acceptors (Lipinski definition) is 4. The van der Waals surface area contributed by atoms with Gasteiger partial charge in [0.2, 0.25) is 0 Å². The van der Waals surface area contributed by atoms with Gasteiger partial charge in [0.05, 0.1) is 11.4 Å². The molecule has 1 aliphatic carbocycles.